The summed E-state index contributed by atoms with van der Waals surface area (Å²) in [5.74, 6) is 1.10. The molecular formula is C14H18FN3O2. The van der Waals surface area contributed by atoms with E-state index in [-0.39, 0.29) is 6.54 Å². The van der Waals surface area contributed by atoms with E-state index in [0.29, 0.717) is 28.6 Å². The number of methoxy groups -OCH3 is 1. The normalized spacial score (nSPS) is 11.7. The number of hydrogen-bond acceptors (Lipinski definition) is 5. The number of alkyl halides is 1. The molecule has 0 aliphatic rings. The van der Waals surface area contributed by atoms with Gasteiger partial charge in [-0.25, -0.2) is 4.39 Å². The van der Waals surface area contributed by atoms with Crippen molar-refractivity contribution in [3.63, 3.8) is 0 Å². The smallest absolute Gasteiger partial charge is 0.240 e. The minimum Gasteiger partial charge on any atom is -0.496 e. The van der Waals surface area contributed by atoms with Gasteiger partial charge in [-0.2, -0.15) is 4.98 Å². The minimum absolute atomic E-state index is 0.155. The second kappa shape index (κ2) is 5.20. The Bertz CT molecular complexity index is 617. The Morgan fingerprint density at radius 2 is 2.10 bits per heavy atom. The zero-order valence-corrected chi connectivity index (χ0v) is 12.0. The fourth-order valence-electron chi connectivity index (χ4n) is 2.08. The predicted molar refractivity (Wildman–Crippen MR) is 73.0 cm³/mol. The highest BCUT2D eigenvalue weighted by Gasteiger charge is 2.28. The second-order valence-corrected chi connectivity index (χ2v) is 5.03. The Morgan fingerprint density at radius 1 is 1.40 bits per heavy atom. The van der Waals surface area contributed by atoms with Gasteiger partial charge in [0, 0.05) is 5.56 Å². The monoisotopic (exact) mass is 279 g/mol. The maximum Gasteiger partial charge on any atom is 0.240 e. The lowest BCUT2D eigenvalue weighted by atomic mass is 9.93. The molecule has 0 spiro atoms. The number of halogens is 1. The summed E-state index contributed by atoms with van der Waals surface area (Å²) in [5.41, 5.74) is 5.87. The zero-order valence-electron chi connectivity index (χ0n) is 12.0. The lowest BCUT2D eigenvalue weighted by molar-refractivity contribution is 0.213. The molecule has 0 amide bonds. The van der Waals surface area contributed by atoms with Crippen LogP contribution in [-0.2, 0) is 12.2 Å². The van der Waals surface area contributed by atoms with Gasteiger partial charge in [0.05, 0.1) is 19.2 Å². The first-order valence-corrected chi connectivity index (χ1v) is 6.28. The molecule has 0 atom stereocenters. The third-order valence-electron chi connectivity index (χ3n) is 3.08. The molecule has 2 rings (SSSR count). The first-order valence-electron chi connectivity index (χ1n) is 6.28. The largest absolute Gasteiger partial charge is 0.496 e. The molecule has 1 aromatic heterocycles. The van der Waals surface area contributed by atoms with E-state index in [1.807, 2.05) is 13.0 Å². The van der Waals surface area contributed by atoms with E-state index in [1.165, 1.54) is 21.0 Å². The van der Waals surface area contributed by atoms with Crippen molar-refractivity contribution in [2.45, 2.75) is 33.0 Å². The average molecular weight is 279 g/mol. The zero-order chi connectivity index (χ0) is 14.9. The van der Waals surface area contributed by atoms with Gasteiger partial charge in [-0.1, -0.05) is 17.3 Å². The van der Waals surface area contributed by atoms with Crippen LogP contribution in [0.3, 0.4) is 0 Å². The molecule has 1 heterocycles. The Balaban J connectivity index is 2.68. The van der Waals surface area contributed by atoms with E-state index >= 15 is 0 Å². The Hall–Kier alpha value is -1.95. The SMILES string of the molecule is COc1c(C(C)(C)F)ccc(C)c1-c1noc(CN)n1. The number of hydrogen-bond donors (Lipinski definition) is 1. The van der Waals surface area contributed by atoms with Crippen LogP contribution in [-0.4, -0.2) is 17.3 Å². The van der Waals surface area contributed by atoms with Crippen molar-refractivity contribution in [1.29, 1.82) is 0 Å². The minimum atomic E-state index is -1.53. The highest BCUT2D eigenvalue weighted by atomic mass is 19.1. The van der Waals surface area contributed by atoms with Gasteiger partial charge in [0.1, 0.15) is 11.4 Å². The highest BCUT2D eigenvalue weighted by Crippen LogP contribution is 2.40. The van der Waals surface area contributed by atoms with E-state index in [2.05, 4.69) is 10.1 Å². The molecule has 2 aromatic rings. The molecule has 0 aliphatic carbocycles. The van der Waals surface area contributed by atoms with Crippen LogP contribution in [0.25, 0.3) is 11.4 Å². The molecule has 0 radical (unpaired) electrons. The van der Waals surface area contributed by atoms with Crippen LogP contribution >= 0.6 is 0 Å². The summed E-state index contributed by atoms with van der Waals surface area (Å²) < 4.78 is 24.7. The van der Waals surface area contributed by atoms with Gasteiger partial charge in [0.2, 0.25) is 11.7 Å². The lowest BCUT2D eigenvalue weighted by Gasteiger charge is -2.21. The molecule has 108 valence electrons. The number of ether oxygens (including phenoxy) is 1. The predicted octanol–water partition coefficient (Wildman–Crippen LogP) is 2.72. The van der Waals surface area contributed by atoms with E-state index in [9.17, 15) is 4.39 Å². The molecule has 2 N–H and O–H groups in total. The number of benzene rings is 1. The average Bonchev–Trinajstić information content (AvgIpc) is 2.85. The number of rotatable bonds is 4. The second-order valence-electron chi connectivity index (χ2n) is 5.03. The van der Waals surface area contributed by atoms with Crippen molar-refractivity contribution in [3.05, 3.63) is 29.2 Å². The molecule has 0 fully saturated rings. The van der Waals surface area contributed by atoms with E-state index in [4.69, 9.17) is 15.0 Å². The molecule has 0 aliphatic heterocycles. The molecule has 0 saturated carbocycles. The standard InChI is InChI=1S/C14H18FN3O2/c1-8-5-6-9(14(2,3)15)12(19-4)11(8)13-17-10(7-16)20-18-13/h5-6H,7,16H2,1-4H3. The quantitative estimate of drug-likeness (QED) is 0.931. The van der Waals surface area contributed by atoms with Crippen molar-refractivity contribution < 1.29 is 13.7 Å². The topological polar surface area (TPSA) is 74.2 Å². The molecule has 5 nitrogen and oxygen atoms in total. The van der Waals surface area contributed by atoms with Crippen LogP contribution in [0.5, 0.6) is 5.75 Å². The molecule has 6 heteroatoms. The van der Waals surface area contributed by atoms with Crippen LogP contribution in [0.4, 0.5) is 4.39 Å². The van der Waals surface area contributed by atoms with Gasteiger partial charge in [-0.3, -0.25) is 0 Å². The van der Waals surface area contributed by atoms with Gasteiger partial charge < -0.3 is 15.0 Å². The molecule has 20 heavy (non-hydrogen) atoms. The number of nitrogens with zero attached hydrogens (tertiary/aromatic N) is 2. The molecule has 0 saturated heterocycles. The summed E-state index contributed by atoms with van der Waals surface area (Å²) in [7, 11) is 1.50. The summed E-state index contributed by atoms with van der Waals surface area (Å²) in [6.45, 7) is 4.99. The van der Waals surface area contributed by atoms with Crippen molar-refractivity contribution in [2.24, 2.45) is 5.73 Å². The van der Waals surface area contributed by atoms with Gasteiger partial charge in [0.25, 0.3) is 0 Å². The fourth-order valence-corrected chi connectivity index (χ4v) is 2.08. The van der Waals surface area contributed by atoms with Gasteiger partial charge in [0.15, 0.2) is 0 Å². The van der Waals surface area contributed by atoms with E-state index in [1.54, 1.807) is 6.07 Å². The first kappa shape index (κ1) is 14.5. The summed E-state index contributed by atoms with van der Waals surface area (Å²) in [5, 5.41) is 3.88. The summed E-state index contributed by atoms with van der Waals surface area (Å²) in [6.07, 6.45) is 0. The van der Waals surface area contributed by atoms with E-state index < -0.39 is 5.67 Å². The first-order chi connectivity index (χ1) is 9.38. The molecular weight excluding hydrogens is 261 g/mol. The van der Waals surface area contributed by atoms with Crippen molar-refractivity contribution in [3.8, 4) is 17.1 Å². The maximum atomic E-state index is 14.3. The Labute approximate surface area is 116 Å². The third-order valence-corrected chi connectivity index (χ3v) is 3.08. The summed E-state index contributed by atoms with van der Waals surface area (Å²) >= 11 is 0. The van der Waals surface area contributed by atoms with Gasteiger partial charge >= 0.3 is 0 Å². The molecule has 1 aromatic carbocycles. The molecule has 0 bridgehead atoms. The Kier molecular flexibility index (Phi) is 3.76. The van der Waals surface area contributed by atoms with Crippen molar-refractivity contribution >= 4 is 0 Å². The van der Waals surface area contributed by atoms with Crippen LogP contribution in [0, 0.1) is 6.92 Å². The van der Waals surface area contributed by atoms with Crippen LogP contribution < -0.4 is 10.5 Å². The number of aryl methyl sites for hydroxylation is 1. The third kappa shape index (κ3) is 2.51. The summed E-state index contributed by atoms with van der Waals surface area (Å²) in [6, 6.07) is 3.52. The fraction of sp³-hybridized carbons (Fsp3) is 0.429. The van der Waals surface area contributed by atoms with Crippen LogP contribution in [0.15, 0.2) is 16.7 Å². The molecule has 0 unspecified atom stereocenters. The lowest BCUT2D eigenvalue weighted by Crippen LogP contribution is -2.12. The van der Waals surface area contributed by atoms with Gasteiger partial charge in [-0.05, 0) is 26.3 Å². The van der Waals surface area contributed by atoms with Crippen molar-refractivity contribution in [2.75, 3.05) is 7.11 Å². The van der Waals surface area contributed by atoms with Gasteiger partial charge in [-0.15, -0.1) is 0 Å². The summed E-state index contributed by atoms with van der Waals surface area (Å²) in [4.78, 5) is 4.19. The van der Waals surface area contributed by atoms with Crippen LogP contribution in [0.2, 0.25) is 0 Å². The highest BCUT2D eigenvalue weighted by molar-refractivity contribution is 5.71. The maximum absolute atomic E-state index is 14.3. The van der Waals surface area contributed by atoms with E-state index in [0.717, 1.165) is 5.56 Å². The van der Waals surface area contributed by atoms with Crippen LogP contribution in [0.1, 0.15) is 30.9 Å². The Morgan fingerprint density at radius 3 is 2.60 bits per heavy atom. The van der Waals surface area contributed by atoms with Crippen molar-refractivity contribution in [1.82, 2.24) is 10.1 Å². The number of aromatic nitrogens is 2. The number of nitrogens with two attached hydrogens (primary N) is 1.